The van der Waals surface area contributed by atoms with Gasteiger partial charge in [0, 0.05) is 17.3 Å². The third-order valence-electron chi connectivity index (χ3n) is 3.31. The number of hydrogen-bond acceptors (Lipinski definition) is 4. The highest BCUT2D eigenvalue weighted by atomic mass is 35.5. The quantitative estimate of drug-likeness (QED) is 0.627. The Morgan fingerprint density at radius 1 is 1.12 bits per heavy atom. The zero-order valence-electron chi connectivity index (χ0n) is 12.7. The average molecular weight is 380 g/mol. The molecule has 3 rings (SSSR count). The van der Waals surface area contributed by atoms with Gasteiger partial charge < -0.3 is 10.6 Å². The van der Waals surface area contributed by atoms with E-state index in [2.05, 4.69) is 26.0 Å². The first kappa shape index (κ1) is 17.2. The summed E-state index contributed by atoms with van der Waals surface area (Å²) in [6, 6.07) is 11.2. The van der Waals surface area contributed by atoms with Gasteiger partial charge in [0.05, 0.1) is 5.02 Å². The number of nitrogens with zero attached hydrogens (tertiary/aromatic N) is 2. The Balaban J connectivity index is 1.67. The van der Waals surface area contributed by atoms with E-state index in [4.69, 9.17) is 23.2 Å². The molecular formula is C16H12Cl2FN5O. The zero-order chi connectivity index (χ0) is 17.8. The Kier molecular flexibility index (Phi) is 5.16. The van der Waals surface area contributed by atoms with Gasteiger partial charge in [-0.05, 0) is 42.0 Å². The van der Waals surface area contributed by atoms with E-state index in [0.717, 1.165) is 0 Å². The number of rotatable bonds is 5. The van der Waals surface area contributed by atoms with E-state index >= 15 is 0 Å². The molecule has 0 aliphatic rings. The summed E-state index contributed by atoms with van der Waals surface area (Å²) < 4.78 is 13.1. The Bertz CT molecular complexity index is 898. The van der Waals surface area contributed by atoms with Crippen LogP contribution in [0.4, 0.5) is 15.9 Å². The molecule has 0 aliphatic carbocycles. The molecule has 0 fully saturated rings. The van der Waals surface area contributed by atoms with Crippen molar-refractivity contribution in [1.29, 1.82) is 0 Å². The predicted molar refractivity (Wildman–Crippen MR) is 93.7 cm³/mol. The third kappa shape index (κ3) is 4.26. The summed E-state index contributed by atoms with van der Waals surface area (Å²) >= 11 is 11.6. The largest absolute Gasteiger partial charge is 0.346 e. The minimum Gasteiger partial charge on any atom is -0.346 e. The minimum absolute atomic E-state index is 0.00159. The molecule has 1 amide bonds. The SMILES string of the molecule is O=C(NCc1ccc(F)c(Cl)c1)c1n[nH]nc1Nc1ccc(Cl)cc1. The van der Waals surface area contributed by atoms with Crippen molar-refractivity contribution in [3.05, 3.63) is 69.6 Å². The molecule has 0 bridgehead atoms. The summed E-state index contributed by atoms with van der Waals surface area (Å²) in [5.41, 5.74) is 1.47. The second kappa shape index (κ2) is 7.50. The van der Waals surface area contributed by atoms with E-state index in [1.165, 1.54) is 18.2 Å². The molecule has 9 heteroatoms. The number of aromatic amines is 1. The molecule has 0 spiro atoms. The molecule has 1 heterocycles. The maximum atomic E-state index is 13.1. The molecule has 3 aromatic rings. The Morgan fingerprint density at radius 2 is 1.88 bits per heavy atom. The predicted octanol–water partition coefficient (Wildman–Crippen LogP) is 3.92. The number of nitrogens with one attached hydrogen (secondary N) is 3. The summed E-state index contributed by atoms with van der Waals surface area (Å²) in [7, 11) is 0. The number of carbonyl (C=O) groups is 1. The van der Waals surface area contributed by atoms with Crippen molar-refractivity contribution in [1.82, 2.24) is 20.7 Å². The molecule has 0 saturated carbocycles. The molecule has 2 aromatic carbocycles. The van der Waals surface area contributed by atoms with Crippen molar-refractivity contribution < 1.29 is 9.18 Å². The smallest absolute Gasteiger partial charge is 0.275 e. The lowest BCUT2D eigenvalue weighted by Gasteiger charge is -2.07. The Hall–Kier alpha value is -2.64. The van der Waals surface area contributed by atoms with Crippen LogP contribution in [0.25, 0.3) is 0 Å². The van der Waals surface area contributed by atoms with E-state index in [0.29, 0.717) is 16.3 Å². The second-order valence-electron chi connectivity index (χ2n) is 5.08. The van der Waals surface area contributed by atoms with Crippen molar-refractivity contribution in [2.75, 3.05) is 5.32 Å². The minimum atomic E-state index is -0.511. The average Bonchev–Trinajstić information content (AvgIpc) is 3.06. The first-order valence-corrected chi connectivity index (χ1v) is 7.94. The number of benzene rings is 2. The van der Waals surface area contributed by atoms with Crippen molar-refractivity contribution in [2.24, 2.45) is 0 Å². The van der Waals surface area contributed by atoms with E-state index in [-0.39, 0.29) is 23.1 Å². The summed E-state index contributed by atoms with van der Waals surface area (Å²) in [5.74, 6) is -0.676. The lowest BCUT2D eigenvalue weighted by Crippen LogP contribution is -2.24. The fourth-order valence-corrected chi connectivity index (χ4v) is 2.39. The van der Waals surface area contributed by atoms with Gasteiger partial charge in [-0.3, -0.25) is 4.79 Å². The van der Waals surface area contributed by atoms with Gasteiger partial charge in [0.25, 0.3) is 5.91 Å². The van der Waals surface area contributed by atoms with Gasteiger partial charge in [0.1, 0.15) is 5.82 Å². The molecule has 0 aliphatic heterocycles. The molecule has 128 valence electrons. The van der Waals surface area contributed by atoms with Crippen LogP contribution in [-0.4, -0.2) is 21.3 Å². The van der Waals surface area contributed by atoms with Crippen LogP contribution >= 0.6 is 23.2 Å². The Morgan fingerprint density at radius 3 is 2.60 bits per heavy atom. The van der Waals surface area contributed by atoms with Crippen molar-refractivity contribution >= 4 is 40.6 Å². The highest BCUT2D eigenvalue weighted by molar-refractivity contribution is 6.31. The number of aromatic nitrogens is 3. The second-order valence-corrected chi connectivity index (χ2v) is 5.93. The first-order chi connectivity index (χ1) is 12.0. The molecule has 6 nitrogen and oxygen atoms in total. The number of H-pyrrole nitrogens is 1. The summed E-state index contributed by atoms with van der Waals surface area (Å²) in [6.45, 7) is 0.173. The lowest BCUT2D eigenvalue weighted by molar-refractivity contribution is 0.0946. The van der Waals surface area contributed by atoms with Crippen LogP contribution in [0.2, 0.25) is 10.0 Å². The van der Waals surface area contributed by atoms with E-state index in [1.807, 2.05) is 0 Å². The van der Waals surface area contributed by atoms with Gasteiger partial charge >= 0.3 is 0 Å². The zero-order valence-corrected chi connectivity index (χ0v) is 14.2. The van der Waals surface area contributed by atoms with Crippen molar-refractivity contribution in [3.8, 4) is 0 Å². The van der Waals surface area contributed by atoms with Crippen LogP contribution in [0.1, 0.15) is 16.1 Å². The molecule has 0 radical (unpaired) electrons. The lowest BCUT2D eigenvalue weighted by atomic mass is 10.2. The summed E-state index contributed by atoms with van der Waals surface area (Å²) in [4.78, 5) is 12.3. The molecule has 1 aromatic heterocycles. The molecule has 0 unspecified atom stereocenters. The van der Waals surface area contributed by atoms with E-state index in [9.17, 15) is 9.18 Å². The standard InChI is InChI=1S/C16H12Cl2FN5O/c17-10-2-4-11(5-3-10)21-15-14(22-24-23-15)16(25)20-8-9-1-6-13(19)12(18)7-9/h1-7H,8H2,(H,20,25)(H2,21,22,23,24). The molecule has 3 N–H and O–H groups in total. The van der Waals surface area contributed by atoms with Crippen LogP contribution < -0.4 is 10.6 Å². The molecule has 0 saturated heterocycles. The number of carbonyl (C=O) groups excluding carboxylic acids is 1. The number of anilines is 2. The first-order valence-electron chi connectivity index (χ1n) is 7.18. The van der Waals surface area contributed by atoms with Gasteiger partial charge in [-0.2, -0.15) is 5.21 Å². The number of hydrogen-bond donors (Lipinski definition) is 3. The fraction of sp³-hybridized carbons (Fsp3) is 0.0625. The van der Waals surface area contributed by atoms with Crippen LogP contribution in [0.3, 0.4) is 0 Å². The van der Waals surface area contributed by atoms with Crippen LogP contribution in [0.15, 0.2) is 42.5 Å². The maximum absolute atomic E-state index is 13.1. The number of halogens is 3. The normalized spacial score (nSPS) is 10.5. The monoisotopic (exact) mass is 379 g/mol. The van der Waals surface area contributed by atoms with E-state index in [1.54, 1.807) is 24.3 Å². The highest BCUT2D eigenvalue weighted by Crippen LogP contribution is 2.19. The summed E-state index contributed by atoms with van der Waals surface area (Å²) in [6.07, 6.45) is 0. The topological polar surface area (TPSA) is 82.7 Å². The van der Waals surface area contributed by atoms with Crippen LogP contribution in [-0.2, 0) is 6.54 Å². The van der Waals surface area contributed by atoms with Gasteiger partial charge in [0.2, 0.25) is 0 Å². The summed E-state index contributed by atoms with van der Waals surface area (Å²) in [5, 5.41) is 16.4. The van der Waals surface area contributed by atoms with Gasteiger partial charge in [-0.1, -0.05) is 29.3 Å². The highest BCUT2D eigenvalue weighted by Gasteiger charge is 2.16. The van der Waals surface area contributed by atoms with Gasteiger partial charge in [-0.25, -0.2) is 4.39 Å². The fourth-order valence-electron chi connectivity index (χ4n) is 2.06. The van der Waals surface area contributed by atoms with Crippen molar-refractivity contribution in [3.63, 3.8) is 0 Å². The van der Waals surface area contributed by atoms with Crippen LogP contribution in [0, 0.1) is 5.82 Å². The number of amides is 1. The van der Waals surface area contributed by atoms with Gasteiger partial charge in [0.15, 0.2) is 11.5 Å². The maximum Gasteiger partial charge on any atom is 0.275 e. The Labute approximate surface area is 152 Å². The molecular weight excluding hydrogens is 368 g/mol. The van der Waals surface area contributed by atoms with Crippen LogP contribution in [0.5, 0.6) is 0 Å². The third-order valence-corrected chi connectivity index (χ3v) is 3.85. The van der Waals surface area contributed by atoms with E-state index < -0.39 is 11.7 Å². The van der Waals surface area contributed by atoms with Gasteiger partial charge in [-0.15, -0.1) is 10.2 Å². The molecule has 0 atom stereocenters. The molecule has 25 heavy (non-hydrogen) atoms. The van der Waals surface area contributed by atoms with Crippen molar-refractivity contribution in [2.45, 2.75) is 6.54 Å².